The van der Waals surface area contributed by atoms with Gasteiger partial charge in [0.2, 0.25) is 11.8 Å². The van der Waals surface area contributed by atoms with Gasteiger partial charge in [0.15, 0.2) is 11.6 Å². The largest absolute Gasteiger partial charge is 0.478 e. The fraction of sp³-hybridized carbons (Fsp3) is 0.565. The topological polar surface area (TPSA) is 179 Å². The van der Waals surface area contributed by atoms with Crippen molar-refractivity contribution in [3.05, 3.63) is 82.0 Å². The third-order valence-corrected chi connectivity index (χ3v) is 10.3. The Morgan fingerprint density at radius 1 is 0.932 bits per heavy atom. The summed E-state index contributed by atoms with van der Waals surface area (Å²) in [4.78, 5) is 50.1. The molecule has 0 radical (unpaired) electrons. The van der Waals surface area contributed by atoms with E-state index >= 15 is 0 Å². The number of cyclic esters (lactones) is 1. The molecule has 0 saturated carbocycles. The van der Waals surface area contributed by atoms with Crippen molar-refractivity contribution in [1.29, 1.82) is 0 Å². The molecule has 3 aliphatic rings. The van der Waals surface area contributed by atoms with Crippen LogP contribution in [-0.4, -0.2) is 82.2 Å². The molecular formula is C46H64N2O11. The molecule has 2 aromatic rings. The Hall–Kier alpha value is -4.40. The van der Waals surface area contributed by atoms with Crippen LogP contribution < -0.4 is 10.6 Å². The maximum atomic E-state index is 12.9. The van der Waals surface area contributed by atoms with Crippen LogP contribution in [0.2, 0.25) is 0 Å². The number of carbonyl (C=O) groups excluding carboxylic acids is 3. The van der Waals surface area contributed by atoms with E-state index in [4.69, 9.17) is 23.7 Å². The first kappa shape index (κ1) is 47.3. The number of aryl methyl sites for hydroxylation is 4. The summed E-state index contributed by atoms with van der Waals surface area (Å²) in [5.74, 6) is -3.61. The Kier molecular flexibility index (Phi) is 15.8. The molecular weight excluding hydrogens is 757 g/mol. The zero-order valence-corrected chi connectivity index (χ0v) is 36.6. The number of aromatic carboxylic acids is 1. The first-order valence-corrected chi connectivity index (χ1v) is 20.4. The molecule has 2 unspecified atom stereocenters. The van der Waals surface area contributed by atoms with Gasteiger partial charge in [0.05, 0.1) is 65.9 Å². The standard InChI is InChI=1S/C23H33NO6.C23H31NO5/c1-13-10-15(3)20(22(27)28)17(11-13)24-19(26)12-18-21(30-23(5,6)29-18)14(2)8-7-9-16(4)25;1-13-10-15(3)20-17(11-13)24-19(25)12-18-21(29-23(5,6)28-18)14(2)8-7-9-16(4)27-22(20)26/h7-8,10-11,14,16,18,21,25H,9,12H2,1-6H3,(H,24,26)(H,27,28);7-8,10-11,14,16,18,21H,9,12H2,1-6H3,(H,24,25)/b2*8-7-/t14?,16-,18+,21-;14?,16-,18-,21+/m10/s1. The van der Waals surface area contributed by atoms with E-state index in [9.17, 15) is 29.4 Å². The zero-order valence-electron chi connectivity index (χ0n) is 36.6. The third kappa shape index (κ3) is 13.3. The number of esters is 1. The number of benzene rings is 2. The zero-order chi connectivity index (χ0) is 44.0. The molecule has 3 heterocycles. The van der Waals surface area contributed by atoms with Crippen LogP contribution in [0.3, 0.4) is 0 Å². The summed E-state index contributed by atoms with van der Waals surface area (Å²) in [6.07, 6.45) is 7.09. The van der Waals surface area contributed by atoms with Gasteiger partial charge in [-0.25, -0.2) is 9.59 Å². The molecule has 0 aliphatic carbocycles. The number of amides is 2. The number of fused-ring (bicyclic) bond motifs is 2. The van der Waals surface area contributed by atoms with Gasteiger partial charge in [-0.05, 0) is 110 Å². The molecule has 5 rings (SSSR count). The molecule has 2 fully saturated rings. The second-order valence-corrected chi connectivity index (χ2v) is 17.2. The lowest BCUT2D eigenvalue weighted by Gasteiger charge is -2.22. The second kappa shape index (κ2) is 19.8. The SMILES string of the molecule is Cc1cc(C)c(C(=O)O)c(NC(=O)C[C@@H]2OC(C)(C)O[C@@H]2C(C)/C=C\C[C@@H](C)O)c1.Cc1cc(C)c2c(c1)NC(=O)C[C@@H]1OC(C)(C)O[C@@H]1C(C)/C=C\C[C@H](C)OC2=O. The van der Waals surface area contributed by atoms with Crippen molar-refractivity contribution in [1.82, 2.24) is 0 Å². The van der Waals surface area contributed by atoms with Gasteiger partial charge >= 0.3 is 11.9 Å². The van der Waals surface area contributed by atoms with Crippen molar-refractivity contribution < 1.29 is 53.1 Å². The average molecular weight is 821 g/mol. The lowest BCUT2D eigenvalue weighted by Crippen LogP contribution is -2.32. The molecule has 2 amide bonds. The number of carboxylic acids is 1. The summed E-state index contributed by atoms with van der Waals surface area (Å²) in [6, 6.07) is 7.14. The number of carbonyl (C=O) groups is 4. The summed E-state index contributed by atoms with van der Waals surface area (Å²) < 4.78 is 29.7. The second-order valence-electron chi connectivity index (χ2n) is 17.2. The van der Waals surface area contributed by atoms with Gasteiger partial charge in [-0.1, -0.05) is 50.3 Å². The number of nitrogens with one attached hydrogen (secondary N) is 2. The fourth-order valence-corrected chi connectivity index (χ4v) is 7.87. The Bertz CT molecular complexity index is 1920. The van der Waals surface area contributed by atoms with Crippen LogP contribution in [0.5, 0.6) is 0 Å². The first-order chi connectivity index (χ1) is 27.4. The maximum Gasteiger partial charge on any atom is 0.340 e. The Morgan fingerprint density at radius 2 is 1.58 bits per heavy atom. The summed E-state index contributed by atoms with van der Waals surface area (Å²) in [7, 11) is 0. The van der Waals surface area contributed by atoms with E-state index in [0.29, 0.717) is 29.7 Å². The minimum atomic E-state index is -1.08. The van der Waals surface area contributed by atoms with Crippen molar-refractivity contribution in [2.75, 3.05) is 10.6 Å². The molecule has 0 bridgehead atoms. The van der Waals surface area contributed by atoms with Crippen LogP contribution in [0.15, 0.2) is 48.6 Å². The van der Waals surface area contributed by atoms with Crippen molar-refractivity contribution in [2.24, 2.45) is 11.8 Å². The van der Waals surface area contributed by atoms with E-state index < -0.39 is 35.7 Å². The minimum absolute atomic E-state index is 0.0286. The molecule has 3 aliphatic heterocycles. The lowest BCUT2D eigenvalue weighted by atomic mass is 9.96. The van der Waals surface area contributed by atoms with Gasteiger partial charge < -0.3 is 44.5 Å². The van der Waals surface area contributed by atoms with E-state index in [0.717, 1.165) is 16.7 Å². The maximum absolute atomic E-state index is 12.9. The van der Waals surface area contributed by atoms with Crippen LogP contribution in [0.1, 0.15) is 124 Å². The molecule has 13 heteroatoms. The summed E-state index contributed by atoms with van der Waals surface area (Å²) >= 11 is 0. The Balaban J connectivity index is 0.000000261. The number of anilines is 2. The van der Waals surface area contributed by atoms with Gasteiger partial charge in [-0.2, -0.15) is 0 Å². The van der Waals surface area contributed by atoms with Crippen molar-refractivity contribution >= 4 is 35.1 Å². The van der Waals surface area contributed by atoms with Gasteiger partial charge in [0, 0.05) is 18.3 Å². The quantitative estimate of drug-likeness (QED) is 0.149. The van der Waals surface area contributed by atoms with Gasteiger partial charge in [0.25, 0.3) is 0 Å². The highest BCUT2D eigenvalue weighted by Gasteiger charge is 2.45. The third-order valence-electron chi connectivity index (χ3n) is 10.3. The number of ether oxygens (including phenoxy) is 5. The monoisotopic (exact) mass is 820 g/mol. The van der Waals surface area contributed by atoms with Crippen LogP contribution in [0.4, 0.5) is 11.4 Å². The molecule has 59 heavy (non-hydrogen) atoms. The highest BCUT2D eigenvalue weighted by molar-refractivity contribution is 6.03. The normalized spacial score (nSPS) is 26.9. The number of hydrogen-bond acceptors (Lipinski definition) is 10. The van der Waals surface area contributed by atoms with E-state index in [1.165, 1.54) is 0 Å². The van der Waals surface area contributed by atoms with E-state index in [1.807, 2.05) is 85.8 Å². The van der Waals surface area contributed by atoms with Crippen molar-refractivity contribution in [3.8, 4) is 0 Å². The summed E-state index contributed by atoms with van der Waals surface area (Å²) in [6.45, 7) is 22.3. The van der Waals surface area contributed by atoms with Gasteiger partial charge in [0.1, 0.15) is 6.10 Å². The number of rotatable bonds is 8. The molecule has 0 aromatic heterocycles. The molecule has 8 atom stereocenters. The van der Waals surface area contributed by atoms with E-state index in [1.54, 1.807) is 45.9 Å². The summed E-state index contributed by atoms with van der Waals surface area (Å²) in [5.41, 5.74) is 4.42. The highest BCUT2D eigenvalue weighted by Crippen LogP contribution is 2.36. The predicted octanol–water partition coefficient (Wildman–Crippen LogP) is 8.11. The molecule has 13 nitrogen and oxygen atoms in total. The average Bonchev–Trinajstić information content (AvgIpc) is 3.56. The van der Waals surface area contributed by atoms with Crippen LogP contribution in [-0.2, 0) is 33.3 Å². The number of aliphatic hydroxyl groups is 1. The molecule has 2 aromatic carbocycles. The Morgan fingerprint density at radius 3 is 2.24 bits per heavy atom. The molecule has 324 valence electrons. The fourth-order valence-electron chi connectivity index (χ4n) is 7.87. The summed E-state index contributed by atoms with van der Waals surface area (Å²) in [5, 5.41) is 24.6. The van der Waals surface area contributed by atoms with Crippen molar-refractivity contribution in [2.45, 2.75) is 157 Å². The van der Waals surface area contributed by atoms with Crippen LogP contribution >= 0.6 is 0 Å². The predicted molar refractivity (Wildman–Crippen MR) is 225 cm³/mol. The van der Waals surface area contributed by atoms with Gasteiger partial charge in [-0.15, -0.1) is 0 Å². The highest BCUT2D eigenvalue weighted by atomic mass is 16.8. The van der Waals surface area contributed by atoms with Crippen molar-refractivity contribution in [3.63, 3.8) is 0 Å². The molecule has 2 saturated heterocycles. The number of carboxylic acid groups (broad SMARTS) is 1. The lowest BCUT2D eigenvalue weighted by molar-refractivity contribution is -0.150. The smallest absolute Gasteiger partial charge is 0.340 e. The van der Waals surface area contributed by atoms with Crippen LogP contribution in [0, 0.1) is 39.5 Å². The first-order valence-electron chi connectivity index (χ1n) is 20.4. The minimum Gasteiger partial charge on any atom is -0.478 e. The van der Waals surface area contributed by atoms with Crippen LogP contribution in [0.25, 0.3) is 0 Å². The molecule has 4 N–H and O–H groups in total. The molecule has 0 spiro atoms. The van der Waals surface area contributed by atoms with E-state index in [-0.39, 0.29) is 72.2 Å². The number of hydrogen-bond donors (Lipinski definition) is 4. The Labute approximate surface area is 348 Å². The van der Waals surface area contributed by atoms with Gasteiger partial charge in [-0.3, -0.25) is 9.59 Å². The number of aliphatic hydroxyl groups excluding tert-OH is 1. The van der Waals surface area contributed by atoms with E-state index in [2.05, 4.69) is 10.6 Å².